The molecule has 1 heterocycles. The average Bonchev–Trinajstić information content (AvgIpc) is 3.23. The molecule has 10 heteroatoms. The van der Waals surface area contributed by atoms with Gasteiger partial charge in [0.15, 0.2) is 0 Å². The Kier molecular flexibility index (Phi) is 11.2. The highest BCUT2D eigenvalue weighted by Crippen LogP contribution is 2.11. The molecule has 4 atom stereocenters. The van der Waals surface area contributed by atoms with E-state index < -0.39 is 36.4 Å². The van der Waals surface area contributed by atoms with Crippen molar-refractivity contribution in [3.05, 3.63) is 0 Å². The zero-order chi connectivity index (χ0) is 21.8. The molecule has 7 N–H and O–H groups in total. The summed E-state index contributed by atoms with van der Waals surface area (Å²) in [6, 6.07) is -1.98. The molecule has 0 radical (unpaired) electrons. The van der Waals surface area contributed by atoms with E-state index in [2.05, 4.69) is 21.3 Å². The predicted molar refractivity (Wildman–Crippen MR) is 108 cm³/mol. The number of carbonyl (C=O) groups is 4. The SMILES string of the molecule is CCC(C)C(NC(=O)C(CCCCN)NC(=O)C1CCCN1)C(=O)NCC(=O)O. The lowest BCUT2D eigenvalue weighted by atomic mass is 9.97. The van der Waals surface area contributed by atoms with Crippen LogP contribution in [0.2, 0.25) is 0 Å². The van der Waals surface area contributed by atoms with Gasteiger partial charge in [-0.2, -0.15) is 0 Å². The highest BCUT2D eigenvalue weighted by molar-refractivity contribution is 5.93. The lowest BCUT2D eigenvalue weighted by molar-refractivity contribution is -0.139. The van der Waals surface area contributed by atoms with Gasteiger partial charge in [0.2, 0.25) is 17.7 Å². The van der Waals surface area contributed by atoms with Gasteiger partial charge in [-0.05, 0) is 51.1 Å². The number of carboxylic acid groups (broad SMARTS) is 1. The Labute approximate surface area is 171 Å². The molecule has 3 amide bonds. The van der Waals surface area contributed by atoms with Crippen molar-refractivity contribution < 1.29 is 24.3 Å². The Hall–Kier alpha value is -2.20. The van der Waals surface area contributed by atoms with Crippen LogP contribution in [0.1, 0.15) is 52.4 Å². The van der Waals surface area contributed by atoms with Crippen LogP contribution in [0.15, 0.2) is 0 Å². The number of rotatable bonds is 13. The molecule has 0 saturated carbocycles. The minimum Gasteiger partial charge on any atom is -0.480 e. The van der Waals surface area contributed by atoms with Crippen molar-refractivity contribution in [1.82, 2.24) is 21.3 Å². The van der Waals surface area contributed by atoms with Gasteiger partial charge in [-0.1, -0.05) is 20.3 Å². The van der Waals surface area contributed by atoms with E-state index in [0.29, 0.717) is 25.8 Å². The van der Waals surface area contributed by atoms with E-state index in [1.807, 2.05) is 6.92 Å². The maximum Gasteiger partial charge on any atom is 0.322 e. The average molecular weight is 414 g/mol. The number of nitrogens with one attached hydrogen (secondary N) is 4. The van der Waals surface area contributed by atoms with Gasteiger partial charge in [0.1, 0.15) is 18.6 Å². The number of hydrogen-bond acceptors (Lipinski definition) is 6. The second-order valence-electron chi connectivity index (χ2n) is 7.48. The Morgan fingerprint density at radius 3 is 2.45 bits per heavy atom. The van der Waals surface area contributed by atoms with Crippen LogP contribution in [0.5, 0.6) is 0 Å². The molecule has 4 unspecified atom stereocenters. The second-order valence-corrected chi connectivity index (χ2v) is 7.48. The lowest BCUT2D eigenvalue weighted by Gasteiger charge is -2.27. The van der Waals surface area contributed by atoms with Gasteiger partial charge in [-0.15, -0.1) is 0 Å². The molecule has 29 heavy (non-hydrogen) atoms. The quantitative estimate of drug-likeness (QED) is 0.213. The summed E-state index contributed by atoms with van der Waals surface area (Å²) in [4.78, 5) is 48.5. The smallest absolute Gasteiger partial charge is 0.322 e. The van der Waals surface area contributed by atoms with E-state index in [-0.39, 0.29) is 17.9 Å². The first-order valence-corrected chi connectivity index (χ1v) is 10.3. The summed E-state index contributed by atoms with van der Waals surface area (Å²) in [7, 11) is 0. The Morgan fingerprint density at radius 1 is 1.17 bits per heavy atom. The minimum atomic E-state index is -1.16. The highest BCUT2D eigenvalue weighted by atomic mass is 16.4. The van der Waals surface area contributed by atoms with Crippen LogP contribution in [0.4, 0.5) is 0 Å². The third kappa shape index (κ3) is 8.78. The van der Waals surface area contributed by atoms with Crippen molar-refractivity contribution in [2.45, 2.75) is 70.5 Å². The molecule has 166 valence electrons. The molecule has 0 bridgehead atoms. The van der Waals surface area contributed by atoms with Gasteiger partial charge < -0.3 is 32.1 Å². The molecular formula is C19H35N5O5. The van der Waals surface area contributed by atoms with Gasteiger partial charge in [-0.3, -0.25) is 19.2 Å². The molecule has 1 aliphatic rings. The summed E-state index contributed by atoms with van der Waals surface area (Å²) in [5.74, 6) is -2.61. The van der Waals surface area contributed by atoms with Crippen LogP contribution in [-0.2, 0) is 19.2 Å². The van der Waals surface area contributed by atoms with E-state index in [1.165, 1.54) is 0 Å². The molecule has 0 aromatic rings. The Balaban J connectivity index is 2.81. The molecule has 10 nitrogen and oxygen atoms in total. The zero-order valence-corrected chi connectivity index (χ0v) is 17.3. The molecular weight excluding hydrogens is 378 g/mol. The molecule has 1 rings (SSSR count). The third-order valence-corrected chi connectivity index (χ3v) is 5.16. The third-order valence-electron chi connectivity index (χ3n) is 5.16. The number of aliphatic carboxylic acids is 1. The molecule has 1 saturated heterocycles. The first-order valence-electron chi connectivity index (χ1n) is 10.3. The fourth-order valence-electron chi connectivity index (χ4n) is 3.17. The molecule has 1 aliphatic heterocycles. The summed E-state index contributed by atoms with van der Waals surface area (Å²) in [6.07, 6.45) is 4.02. The maximum atomic E-state index is 12.9. The summed E-state index contributed by atoms with van der Waals surface area (Å²) in [5.41, 5.74) is 5.53. The monoisotopic (exact) mass is 413 g/mol. The van der Waals surface area contributed by atoms with Crippen LogP contribution in [0.25, 0.3) is 0 Å². The molecule has 0 spiro atoms. The lowest BCUT2D eigenvalue weighted by Crippen LogP contribution is -2.57. The number of hydrogen-bond donors (Lipinski definition) is 6. The topological polar surface area (TPSA) is 163 Å². The van der Waals surface area contributed by atoms with Crippen LogP contribution < -0.4 is 27.0 Å². The molecule has 0 aromatic carbocycles. The zero-order valence-electron chi connectivity index (χ0n) is 17.3. The number of carboxylic acids is 1. The maximum absolute atomic E-state index is 12.9. The summed E-state index contributed by atoms with van der Waals surface area (Å²) < 4.78 is 0. The summed E-state index contributed by atoms with van der Waals surface area (Å²) in [5, 5.41) is 19.7. The van der Waals surface area contributed by atoms with Gasteiger partial charge in [0, 0.05) is 0 Å². The van der Waals surface area contributed by atoms with E-state index in [4.69, 9.17) is 10.8 Å². The predicted octanol–water partition coefficient (Wildman–Crippen LogP) is -0.916. The minimum absolute atomic E-state index is 0.204. The van der Waals surface area contributed by atoms with E-state index in [0.717, 1.165) is 25.8 Å². The molecule has 0 aliphatic carbocycles. The number of unbranched alkanes of at least 4 members (excludes halogenated alkanes) is 1. The fraction of sp³-hybridized carbons (Fsp3) is 0.789. The van der Waals surface area contributed by atoms with Gasteiger partial charge in [0.25, 0.3) is 0 Å². The standard InChI is InChI=1S/C19H35N5O5/c1-3-12(2)16(19(29)22-11-15(25)26)24-18(28)14(7-4-5-9-20)23-17(27)13-8-6-10-21-13/h12-14,16,21H,3-11,20H2,1-2H3,(H,22,29)(H,23,27)(H,24,28)(H,25,26). The van der Waals surface area contributed by atoms with Crippen molar-refractivity contribution in [1.29, 1.82) is 0 Å². The number of amides is 3. The second kappa shape index (κ2) is 13.1. The van der Waals surface area contributed by atoms with Crippen LogP contribution in [0.3, 0.4) is 0 Å². The van der Waals surface area contributed by atoms with Crippen LogP contribution in [0, 0.1) is 5.92 Å². The van der Waals surface area contributed by atoms with Crippen molar-refractivity contribution in [3.8, 4) is 0 Å². The van der Waals surface area contributed by atoms with Gasteiger partial charge >= 0.3 is 5.97 Å². The van der Waals surface area contributed by atoms with E-state index in [9.17, 15) is 19.2 Å². The number of carbonyl (C=O) groups excluding carboxylic acids is 3. The van der Waals surface area contributed by atoms with Gasteiger partial charge in [-0.25, -0.2) is 0 Å². The van der Waals surface area contributed by atoms with E-state index >= 15 is 0 Å². The van der Waals surface area contributed by atoms with E-state index in [1.54, 1.807) is 6.92 Å². The van der Waals surface area contributed by atoms with Gasteiger partial charge in [0.05, 0.1) is 6.04 Å². The first kappa shape index (κ1) is 24.8. The Bertz CT molecular complexity index is 565. The molecule has 1 fully saturated rings. The highest BCUT2D eigenvalue weighted by Gasteiger charge is 2.31. The van der Waals surface area contributed by atoms with Crippen molar-refractivity contribution in [2.75, 3.05) is 19.6 Å². The van der Waals surface area contributed by atoms with Crippen molar-refractivity contribution >= 4 is 23.7 Å². The fourth-order valence-corrected chi connectivity index (χ4v) is 3.17. The summed E-state index contributed by atoms with van der Waals surface area (Å²) in [6.45, 7) is 4.41. The van der Waals surface area contributed by atoms with Crippen molar-refractivity contribution in [2.24, 2.45) is 11.7 Å². The number of nitrogens with two attached hydrogens (primary N) is 1. The van der Waals surface area contributed by atoms with Crippen LogP contribution in [-0.4, -0.2) is 66.6 Å². The summed E-state index contributed by atoms with van der Waals surface area (Å²) >= 11 is 0. The first-order chi connectivity index (χ1) is 13.8. The molecule has 0 aromatic heterocycles. The van der Waals surface area contributed by atoms with Crippen molar-refractivity contribution in [3.63, 3.8) is 0 Å². The largest absolute Gasteiger partial charge is 0.480 e. The normalized spacial score (nSPS) is 19.1. The van der Waals surface area contributed by atoms with Crippen LogP contribution >= 0.6 is 0 Å². The Morgan fingerprint density at radius 2 is 1.90 bits per heavy atom.